The Balaban J connectivity index is 1.72. The molecule has 0 fully saturated rings. The summed E-state index contributed by atoms with van der Waals surface area (Å²) in [5.41, 5.74) is 2.62. The number of aromatic nitrogens is 3. The maximum absolute atomic E-state index is 12.6. The first-order valence-corrected chi connectivity index (χ1v) is 8.03. The van der Waals surface area contributed by atoms with Crippen LogP contribution >= 0.6 is 0 Å². The summed E-state index contributed by atoms with van der Waals surface area (Å²) >= 11 is 0. The minimum Gasteiger partial charge on any atom is -0.328 e. The lowest BCUT2D eigenvalue weighted by Gasteiger charge is -2.34. The van der Waals surface area contributed by atoms with Crippen molar-refractivity contribution in [2.75, 3.05) is 7.05 Å². The summed E-state index contributed by atoms with van der Waals surface area (Å²) in [6, 6.07) is 8.28. The molecular formula is C17H23N5O. The van der Waals surface area contributed by atoms with E-state index in [0.717, 1.165) is 25.1 Å². The van der Waals surface area contributed by atoms with E-state index in [1.165, 1.54) is 11.1 Å². The second-order valence-electron chi connectivity index (χ2n) is 6.19. The van der Waals surface area contributed by atoms with Gasteiger partial charge in [0.1, 0.15) is 6.33 Å². The van der Waals surface area contributed by atoms with Gasteiger partial charge in [0.05, 0.1) is 12.1 Å². The van der Waals surface area contributed by atoms with Crippen LogP contribution in [0.1, 0.15) is 48.8 Å². The van der Waals surface area contributed by atoms with E-state index in [1.54, 1.807) is 6.33 Å². The largest absolute Gasteiger partial charge is 0.328 e. The Hall–Kier alpha value is -2.37. The van der Waals surface area contributed by atoms with Crippen LogP contribution in [0.15, 0.2) is 30.6 Å². The minimum atomic E-state index is -0.184. The van der Waals surface area contributed by atoms with Crippen molar-refractivity contribution in [1.29, 1.82) is 0 Å². The van der Waals surface area contributed by atoms with Crippen molar-refractivity contribution in [3.8, 4) is 0 Å². The van der Waals surface area contributed by atoms with E-state index < -0.39 is 0 Å². The molecule has 1 aliphatic rings. The molecule has 2 amide bonds. The van der Waals surface area contributed by atoms with Crippen molar-refractivity contribution in [3.63, 3.8) is 0 Å². The minimum absolute atomic E-state index is 0.0813. The highest BCUT2D eigenvalue weighted by molar-refractivity contribution is 5.75. The normalized spacial score (nSPS) is 18.1. The summed E-state index contributed by atoms with van der Waals surface area (Å²) in [7, 11) is 3.74. The maximum atomic E-state index is 12.6. The van der Waals surface area contributed by atoms with Gasteiger partial charge >= 0.3 is 6.03 Å². The summed E-state index contributed by atoms with van der Waals surface area (Å²) < 4.78 is 1.82. The number of fused-ring (bicyclic) bond motifs is 1. The Morgan fingerprint density at radius 2 is 2.22 bits per heavy atom. The van der Waals surface area contributed by atoms with Crippen molar-refractivity contribution >= 4 is 6.03 Å². The Labute approximate surface area is 136 Å². The number of amides is 2. The number of aryl methyl sites for hydroxylation is 2. The number of hydrogen-bond donors (Lipinski definition) is 1. The van der Waals surface area contributed by atoms with Crippen molar-refractivity contribution in [1.82, 2.24) is 25.0 Å². The Morgan fingerprint density at radius 3 is 2.96 bits per heavy atom. The molecule has 3 rings (SSSR count). The SMILES string of the molecule is C[C@H](NC(=O)N(C)[C@H]1CCCc2ccccc21)c1nncn1C. The second-order valence-corrected chi connectivity index (χ2v) is 6.19. The molecule has 0 unspecified atom stereocenters. The van der Waals surface area contributed by atoms with Crippen LogP contribution in [0.5, 0.6) is 0 Å². The first-order chi connectivity index (χ1) is 11.1. The quantitative estimate of drug-likeness (QED) is 0.947. The number of rotatable bonds is 3. The maximum Gasteiger partial charge on any atom is 0.318 e. The Kier molecular flexibility index (Phi) is 4.32. The molecule has 0 spiro atoms. The van der Waals surface area contributed by atoms with E-state index in [1.807, 2.05) is 36.6 Å². The first-order valence-electron chi connectivity index (χ1n) is 8.03. The first kappa shape index (κ1) is 15.5. The molecule has 6 nitrogen and oxygen atoms in total. The van der Waals surface area contributed by atoms with Gasteiger partial charge in [-0.3, -0.25) is 0 Å². The van der Waals surface area contributed by atoms with Gasteiger partial charge in [-0.1, -0.05) is 24.3 Å². The van der Waals surface area contributed by atoms with Crippen molar-refractivity contribution in [2.45, 2.75) is 38.3 Å². The van der Waals surface area contributed by atoms with Gasteiger partial charge < -0.3 is 14.8 Å². The molecule has 2 atom stereocenters. The third-order valence-corrected chi connectivity index (χ3v) is 4.60. The second kappa shape index (κ2) is 6.40. The van der Waals surface area contributed by atoms with E-state index in [-0.39, 0.29) is 18.1 Å². The molecule has 0 saturated carbocycles. The van der Waals surface area contributed by atoms with Crippen molar-refractivity contribution in [3.05, 3.63) is 47.5 Å². The highest BCUT2D eigenvalue weighted by atomic mass is 16.2. The molecule has 2 aromatic rings. The number of carbonyl (C=O) groups is 1. The number of benzene rings is 1. The topological polar surface area (TPSA) is 63.1 Å². The number of nitrogens with one attached hydrogen (secondary N) is 1. The molecule has 1 aromatic carbocycles. The van der Waals surface area contributed by atoms with Gasteiger partial charge in [0.15, 0.2) is 5.82 Å². The van der Waals surface area contributed by atoms with Crippen LogP contribution in [0, 0.1) is 0 Å². The van der Waals surface area contributed by atoms with Crippen LogP contribution in [-0.4, -0.2) is 32.7 Å². The molecule has 0 aliphatic heterocycles. The molecule has 0 saturated heterocycles. The van der Waals surface area contributed by atoms with Crippen molar-refractivity contribution < 1.29 is 4.79 Å². The summed E-state index contributed by atoms with van der Waals surface area (Å²) in [4.78, 5) is 14.4. The standard InChI is InChI=1S/C17H23N5O/c1-12(16-20-18-11-21(16)2)19-17(23)22(3)15-10-6-8-13-7-4-5-9-14(13)15/h4-5,7,9,11-12,15H,6,8,10H2,1-3H3,(H,19,23)/t12-,15-/m0/s1. The fourth-order valence-electron chi connectivity index (χ4n) is 3.31. The van der Waals surface area contributed by atoms with Gasteiger partial charge in [0.2, 0.25) is 0 Å². The average molecular weight is 313 g/mol. The van der Waals surface area contributed by atoms with Crippen LogP contribution in [0.25, 0.3) is 0 Å². The van der Waals surface area contributed by atoms with Crippen LogP contribution < -0.4 is 5.32 Å². The zero-order chi connectivity index (χ0) is 16.4. The van der Waals surface area contributed by atoms with Gasteiger partial charge in [-0.05, 0) is 37.3 Å². The van der Waals surface area contributed by atoms with E-state index in [9.17, 15) is 4.79 Å². The molecule has 122 valence electrons. The number of nitrogens with zero attached hydrogens (tertiary/aromatic N) is 4. The molecule has 1 N–H and O–H groups in total. The molecule has 23 heavy (non-hydrogen) atoms. The van der Waals surface area contributed by atoms with Gasteiger partial charge in [0.25, 0.3) is 0 Å². The van der Waals surface area contributed by atoms with Crippen molar-refractivity contribution in [2.24, 2.45) is 7.05 Å². The third-order valence-electron chi connectivity index (χ3n) is 4.60. The summed E-state index contributed by atoms with van der Waals surface area (Å²) in [5.74, 6) is 0.746. The lowest BCUT2D eigenvalue weighted by Crippen LogP contribution is -2.42. The fourth-order valence-corrected chi connectivity index (χ4v) is 3.31. The zero-order valence-electron chi connectivity index (χ0n) is 13.9. The summed E-state index contributed by atoms with van der Waals surface area (Å²) in [5, 5.41) is 10.9. The molecule has 1 aliphatic carbocycles. The van der Waals surface area contributed by atoms with Gasteiger partial charge in [-0.25, -0.2) is 4.79 Å². The Morgan fingerprint density at radius 1 is 1.43 bits per heavy atom. The predicted octanol–water partition coefficient (Wildman–Crippen LogP) is 2.60. The van der Waals surface area contributed by atoms with Crippen LogP contribution in [0.2, 0.25) is 0 Å². The molecule has 1 heterocycles. The molecule has 0 bridgehead atoms. The van der Waals surface area contributed by atoms with Crippen LogP contribution in [0.3, 0.4) is 0 Å². The summed E-state index contributed by atoms with van der Waals surface area (Å²) in [6.07, 6.45) is 4.84. The monoisotopic (exact) mass is 313 g/mol. The lowest BCUT2D eigenvalue weighted by atomic mass is 9.87. The van der Waals surface area contributed by atoms with Gasteiger partial charge in [-0.15, -0.1) is 10.2 Å². The molecule has 6 heteroatoms. The molecular weight excluding hydrogens is 290 g/mol. The summed E-state index contributed by atoms with van der Waals surface area (Å²) in [6.45, 7) is 1.92. The molecule has 1 aromatic heterocycles. The molecule has 0 radical (unpaired) electrons. The third kappa shape index (κ3) is 3.06. The van der Waals surface area contributed by atoms with E-state index >= 15 is 0 Å². The smallest absolute Gasteiger partial charge is 0.318 e. The van der Waals surface area contributed by atoms with Crippen LogP contribution in [0.4, 0.5) is 4.79 Å². The number of hydrogen-bond acceptors (Lipinski definition) is 3. The zero-order valence-corrected chi connectivity index (χ0v) is 13.9. The predicted molar refractivity (Wildman–Crippen MR) is 87.8 cm³/mol. The lowest BCUT2D eigenvalue weighted by molar-refractivity contribution is 0.180. The number of urea groups is 1. The fraction of sp³-hybridized carbons (Fsp3) is 0.471. The van der Waals surface area contributed by atoms with E-state index in [0.29, 0.717) is 0 Å². The Bertz CT molecular complexity index is 696. The van der Waals surface area contributed by atoms with E-state index in [2.05, 4.69) is 33.7 Å². The van der Waals surface area contributed by atoms with Gasteiger partial charge in [-0.2, -0.15) is 0 Å². The van der Waals surface area contributed by atoms with Crippen LogP contribution in [-0.2, 0) is 13.5 Å². The van der Waals surface area contributed by atoms with E-state index in [4.69, 9.17) is 0 Å². The number of carbonyl (C=O) groups excluding carboxylic acids is 1. The highest BCUT2D eigenvalue weighted by Gasteiger charge is 2.27. The average Bonchev–Trinajstić information content (AvgIpc) is 2.99. The van der Waals surface area contributed by atoms with Gasteiger partial charge in [0, 0.05) is 14.1 Å². The highest BCUT2D eigenvalue weighted by Crippen LogP contribution is 2.33.